The smallest absolute Gasteiger partial charge is 1.00 e. The minimum absolute atomic E-state index is 0. The first-order valence-electron chi connectivity index (χ1n) is 3.70. The van der Waals surface area contributed by atoms with Gasteiger partial charge in [0.05, 0.1) is 0 Å². The third kappa shape index (κ3) is 6.91. The Balaban J connectivity index is -0.000000320. The molecule has 0 fully saturated rings. The molecule has 0 aliphatic rings. The van der Waals surface area contributed by atoms with Crippen LogP contribution in [0.2, 0.25) is 15.8 Å². The Hall–Kier alpha value is 0.800. The Morgan fingerprint density at radius 2 is 1.80 bits per heavy atom. The largest absolute Gasteiger partial charge is 1.00 e. The molecule has 0 saturated carbocycles. The fraction of sp³-hybridized carbons (Fsp3) is 0.857. The van der Waals surface area contributed by atoms with Crippen molar-refractivity contribution in [3.63, 3.8) is 0 Å². The molecule has 3 heteroatoms. The number of ketones is 1. The summed E-state index contributed by atoms with van der Waals surface area (Å²) in [5, 5.41) is 3.46. The van der Waals surface area contributed by atoms with Gasteiger partial charge in [0, 0.05) is 0 Å². The van der Waals surface area contributed by atoms with Crippen LogP contribution < -0.4 is 18.9 Å². The quantitative estimate of drug-likeness (QED) is 0.481. The van der Waals surface area contributed by atoms with Crippen molar-refractivity contribution < 1.29 is 25.1 Å². The van der Waals surface area contributed by atoms with Crippen LogP contribution in [0.5, 0.6) is 0 Å². The molecule has 0 amide bonds. The summed E-state index contributed by atoms with van der Waals surface area (Å²) >= 11 is -0.600. The van der Waals surface area contributed by atoms with Crippen molar-refractivity contribution in [2.75, 3.05) is 0 Å². The number of rotatable bonds is 4. The summed E-state index contributed by atoms with van der Waals surface area (Å²) in [6.07, 6.45) is 0. The first-order chi connectivity index (χ1) is 4.20. The van der Waals surface area contributed by atoms with E-state index >= 15 is 0 Å². The molecule has 1 nitrogen and oxygen atoms in total. The molecule has 54 valence electrons. The van der Waals surface area contributed by atoms with E-state index in [9.17, 15) is 4.79 Å². The predicted molar refractivity (Wildman–Crippen MR) is 43.3 cm³/mol. The van der Waals surface area contributed by atoms with Crippen LogP contribution in [0, 0.1) is 0 Å². The second-order valence-corrected chi connectivity index (χ2v) is 6.36. The Bertz CT molecular complexity index is 96.4. The van der Waals surface area contributed by atoms with Gasteiger partial charge in [-0.2, -0.15) is 0 Å². The van der Waals surface area contributed by atoms with E-state index in [0.717, 1.165) is 5.28 Å². The minimum Gasteiger partial charge on any atom is -1.00 e. The predicted octanol–water partition coefficient (Wildman–Crippen LogP) is -0.773. The van der Waals surface area contributed by atoms with Gasteiger partial charge in [-0.3, -0.25) is 0 Å². The number of hydrogen-bond donors (Lipinski definition) is 0. The van der Waals surface area contributed by atoms with Gasteiger partial charge in [0.25, 0.3) is 14.1 Å². The van der Waals surface area contributed by atoms with Crippen LogP contribution >= 0.6 is 0 Å². The van der Waals surface area contributed by atoms with Crippen molar-refractivity contribution in [1.82, 2.24) is 0 Å². The fourth-order valence-corrected chi connectivity index (χ4v) is 2.95. The van der Waals surface area contributed by atoms with Gasteiger partial charge in [-0.15, -0.1) is 0 Å². The zero-order valence-electron chi connectivity index (χ0n) is 8.61. The summed E-state index contributed by atoms with van der Waals surface area (Å²) in [7, 11) is 0. The molecule has 0 aromatic rings. The standard InChI is InChI=1S/C3H5O.2C2H5.Al.Li.H/c1-3(2)4;2*1-2;;;/h1H2,2H3;2*1H2,2H3;;;/q;;;;+1;-1. The second kappa shape index (κ2) is 7.90. The fourth-order valence-electron chi connectivity index (χ4n) is 0.984. The Kier molecular flexibility index (Phi) is 10.6. The number of carbonyl (C=O) groups is 1. The molecule has 0 unspecified atom stereocenters. The van der Waals surface area contributed by atoms with Crippen LogP contribution in [0.15, 0.2) is 0 Å². The maximum Gasteiger partial charge on any atom is 1.00 e. The zero-order valence-corrected chi connectivity index (χ0v) is 8.76. The number of carbonyl (C=O) groups excluding carboxylic acids is 1. The molecule has 0 bridgehead atoms. The molecule has 0 saturated heterocycles. The van der Waals surface area contributed by atoms with Gasteiger partial charge in [-0.05, 0) is 12.2 Å². The summed E-state index contributed by atoms with van der Waals surface area (Å²) in [5.74, 6) is 0.385. The van der Waals surface area contributed by atoms with Gasteiger partial charge >= 0.3 is 18.9 Å². The van der Waals surface area contributed by atoms with Gasteiger partial charge in [-0.25, -0.2) is 0 Å². The van der Waals surface area contributed by atoms with Crippen LogP contribution in [-0.4, -0.2) is 19.9 Å². The average molecular weight is 150 g/mol. The first kappa shape index (κ1) is 13.4. The molecule has 0 aliphatic heterocycles. The van der Waals surface area contributed by atoms with E-state index in [4.69, 9.17) is 0 Å². The van der Waals surface area contributed by atoms with Gasteiger partial charge in [0.1, 0.15) is 5.78 Å². The maximum atomic E-state index is 10.6. The summed E-state index contributed by atoms with van der Waals surface area (Å²) < 4.78 is 0. The Morgan fingerprint density at radius 3 is 1.90 bits per heavy atom. The van der Waals surface area contributed by atoms with Crippen LogP contribution in [0.1, 0.15) is 22.2 Å². The topological polar surface area (TPSA) is 17.1 Å². The molecule has 0 N–H and O–H groups in total. The molecule has 0 aromatic carbocycles. The summed E-state index contributed by atoms with van der Waals surface area (Å²) in [4.78, 5) is 10.6. The van der Waals surface area contributed by atoms with Crippen LogP contribution in [0.4, 0.5) is 0 Å². The zero-order chi connectivity index (χ0) is 7.28. The monoisotopic (exact) mass is 150 g/mol. The molecule has 0 heterocycles. The molecule has 0 aliphatic carbocycles. The van der Waals surface area contributed by atoms with Crippen molar-refractivity contribution in [1.29, 1.82) is 0 Å². The Labute approximate surface area is 81.6 Å². The Morgan fingerprint density at radius 1 is 1.40 bits per heavy atom. The molecule has 0 rings (SSSR count). The van der Waals surface area contributed by atoms with Gasteiger partial charge in [-0.1, -0.05) is 24.4 Å². The van der Waals surface area contributed by atoms with Gasteiger partial charge < -0.3 is 6.22 Å². The molecular weight excluding hydrogens is 134 g/mol. The molecule has 0 radical (unpaired) electrons. The van der Waals surface area contributed by atoms with Crippen molar-refractivity contribution in [2.24, 2.45) is 0 Å². The minimum atomic E-state index is -0.600. The van der Waals surface area contributed by atoms with Crippen molar-refractivity contribution in [3.05, 3.63) is 0 Å². The first-order valence-corrected chi connectivity index (χ1v) is 6.15. The van der Waals surface area contributed by atoms with E-state index in [1.165, 1.54) is 10.6 Å². The number of hydrogen-bond acceptors (Lipinski definition) is 1. The third-order valence-electron chi connectivity index (χ3n) is 1.73. The summed E-state index contributed by atoms with van der Waals surface area (Å²) in [5.41, 5.74) is 0. The van der Waals surface area contributed by atoms with Crippen molar-refractivity contribution in [3.8, 4) is 0 Å². The maximum absolute atomic E-state index is 10.6. The molecule has 0 spiro atoms. The van der Waals surface area contributed by atoms with Crippen molar-refractivity contribution >= 4 is 19.9 Å². The average Bonchev–Trinajstić information content (AvgIpc) is 1.82. The summed E-state index contributed by atoms with van der Waals surface area (Å²) in [6, 6.07) is 0. The van der Waals surface area contributed by atoms with E-state index in [1.54, 1.807) is 6.92 Å². The van der Waals surface area contributed by atoms with Gasteiger partial charge in [0.15, 0.2) is 0 Å². The van der Waals surface area contributed by atoms with Crippen LogP contribution in [0.25, 0.3) is 0 Å². The molecule has 0 aromatic heterocycles. The van der Waals surface area contributed by atoms with E-state index < -0.39 is 14.1 Å². The van der Waals surface area contributed by atoms with Crippen LogP contribution in [-0.2, 0) is 4.79 Å². The molecule has 0 atom stereocenters. The third-order valence-corrected chi connectivity index (χ3v) is 5.19. The number of Topliss-reactive ketones (excluding diaryl/α,β-unsaturated/α-hetero) is 1. The van der Waals surface area contributed by atoms with Crippen molar-refractivity contribution in [2.45, 2.75) is 36.6 Å². The molecule has 10 heavy (non-hydrogen) atoms. The van der Waals surface area contributed by atoms with E-state index in [1.807, 2.05) is 0 Å². The van der Waals surface area contributed by atoms with E-state index in [0.29, 0.717) is 5.78 Å². The molecular formula is C7H16AlLiO. The van der Waals surface area contributed by atoms with E-state index in [-0.39, 0.29) is 20.3 Å². The van der Waals surface area contributed by atoms with Gasteiger partial charge in [0.2, 0.25) is 0 Å². The van der Waals surface area contributed by atoms with Crippen LogP contribution in [0.3, 0.4) is 0 Å². The second-order valence-electron chi connectivity index (χ2n) is 2.59. The summed E-state index contributed by atoms with van der Waals surface area (Å²) in [6.45, 7) is 6.10. The van der Waals surface area contributed by atoms with E-state index in [2.05, 4.69) is 13.8 Å². The normalized spacial score (nSPS) is 8.30. The SMILES string of the molecule is C[CH2][Al]([CH2]C)[CH2]C(C)=O.[H-].[Li+].